The van der Waals surface area contributed by atoms with Crippen LogP contribution in [0.25, 0.3) is 11.0 Å². The van der Waals surface area contributed by atoms with Gasteiger partial charge in [0.2, 0.25) is 0 Å². The van der Waals surface area contributed by atoms with Gasteiger partial charge in [-0.25, -0.2) is 4.79 Å². The first-order chi connectivity index (χ1) is 6.72. The van der Waals surface area contributed by atoms with Crippen LogP contribution in [0, 0.1) is 0 Å². The molecule has 0 bridgehead atoms. The molecule has 6 heteroatoms. The van der Waals surface area contributed by atoms with E-state index >= 15 is 0 Å². The highest BCUT2D eigenvalue weighted by Crippen LogP contribution is 2.22. The van der Waals surface area contributed by atoms with Crippen molar-refractivity contribution in [2.75, 3.05) is 7.11 Å². The summed E-state index contributed by atoms with van der Waals surface area (Å²) in [6.45, 7) is 0. The number of aromatic amines is 1. The van der Waals surface area contributed by atoms with Crippen LogP contribution in [-0.4, -0.2) is 28.5 Å². The fourth-order valence-corrected chi connectivity index (χ4v) is 1.69. The number of H-pyrrole nitrogens is 1. The predicted octanol–water partition coefficient (Wildman–Crippen LogP) is 1.51. The summed E-state index contributed by atoms with van der Waals surface area (Å²) in [4.78, 5) is 11.2. The Balaban J connectivity index is 2.64. The number of rotatable bonds is 1. The van der Waals surface area contributed by atoms with E-state index in [0.717, 1.165) is 0 Å². The number of nitrogens with zero attached hydrogens (tertiary/aromatic N) is 2. The highest BCUT2D eigenvalue weighted by molar-refractivity contribution is 9.10. The summed E-state index contributed by atoms with van der Waals surface area (Å²) in [6, 6.07) is 3.29. The van der Waals surface area contributed by atoms with Crippen LogP contribution in [0.4, 0.5) is 0 Å². The van der Waals surface area contributed by atoms with E-state index in [2.05, 4.69) is 36.1 Å². The third-order valence-electron chi connectivity index (χ3n) is 1.80. The lowest BCUT2D eigenvalue weighted by Crippen LogP contribution is -2.00. The fraction of sp³-hybridized carbons (Fsp3) is 0.125. The van der Waals surface area contributed by atoms with Crippen LogP contribution in [0.3, 0.4) is 0 Å². The van der Waals surface area contributed by atoms with E-state index in [4.69, 9.17) is 0 Å². The van der Waals surface area contributed by atoms with Gasteiger partial charge in [0.25, 0.3) is 0 Å². The molecule has 0 fully saturated rings. The van der Waals surface area contributed by atoms with Crippen molar-refractivity contribution in [1.82, 2.24) is 15.4 Å². The number of nitrogens with one attached hydrogen (secondary N) is 1. The van der Waals surface area contributed by atoms with E-state index < -0.39 is 0 Å². The van der Waals surface area contributed by atoms with E-state index in [1.54, 1.807) is 12.1 Å². The minimum atomic E-state index is -0.387. The van der Waals surface area contributed by atoms with Crippen LogP contribution in [0.15, 0.2) is 16.6 Å². The van der Waals surface area contributed by atoms with Gasteiger partial charge in [-0.1, -0.05) is 5.21 Å². The summed E-state index contributed by atoms with van der Waals surface area (Å²) >= 11 is 3.29. The minimum Gasteiger partial charge on any atom is -0.465 e. The van der Waals surface area contributed by atoms with Crippen LogP contribution < -0.4 is 0 Å². The monoisotopic (exact) mass is 255 g/mol. The topological polar surface area (TPSA) is 67.9 Å². The summed E-state index contributed by atoms with van der Waals surface area (Å²) in [5.74, 6) is -0.387. The Hall–Kier alpha value is -1.43. The number of benzene rings is 1. The minimum absolute atomic E-state index is 0.387. The average molecular weight is 256 g/mol. The van der Waals surface area contributed by atoms with Crippen LogP contribution in [-0.2, 0) is 4.74 Å². The summed E-state index contributed by atoms with van der Waals surface area (Å²) < 4.78 is 5.31. The first-order valence-electron chi connectivity index (χ1n) is 3.81. The molecular weight excluding hydrogens is 250 g/mol. The lowest BCUT2D eigenvalue weighted by molar-refractivity contribution is 0.0601. The predicted molar refractivity (Wildman–Crippen MR) is 52.9 cm³/mol. The molecule has 14 heavy (non-hydrogen) atoms. The summed E-state index contributed by atoms with van der Waals surface area (Å²) in [5, 5.41) is 10.2. The quantitative estimate of drug-likeness (QED) is 0.785. The van der Waals surface area contributed by atoms with Crippen molar-refractivity contribution < 1.29 is 9.53 Å². The Morgan fingerprint density at radius 3 is 3.07 bits per heavy atom. The molecule has 0 aliphatic carbocycles. The summed E-state index contributed by atoms with van der Waals surface area (Å²) in [5.41, 5.74) is 1.84. The Morgan fingerprint density at radius 1 is 1.57 bits per heavy atom. The second-order valence-electron chi connectivity index (χ2n) is 2.66. The number of esters is 1. The SMILES string of the molecule is COC(=O)c1cc(Br)c2nn[nH]c2c1. The lowest BCUT2D eigenvalue weighted by Gasteiger charge is -1.99. The number of ether oxygens (including phenoxy) is 1. The van der Waals surface area contributed by atoms with Crippen molar-refractivity contribution in [3.63, 3.8) is 0 Å². The van der Waals surface area contributed by atoms with Crippen molar-refractivity contribution in [3.05, 3.63) is 22.2 Å². The van der Waals surface area contributed by atoms with Crippen molar-refractivity contribution in [2.24, 2.45) is 0 Å². The van der Waals surface area contributed by atoms with E-state index in [-0.39, 0.29) is 5.97 Å². The van der Waals surface area contributed by atoms with Gasteiger partial charge in [0, 0.05) is 4.47 Å². The largest absolute Gasteiger partial charge is 0.465 e. The first kappa shape index (κ1) is 9.14. The fourth-order valence-electron chi connectivity index (χ4n) is 1.15. The highest BCUT2D eigenvalue weighted by Gasteiger charge is 2.10. The Labute approximate surface area is 87.6 Å². The number of aromatic nitrogens is 3. The summed E-state index contributed by atoms with van der Waals surface area (Å²) in [6.07, 6.45) is 0. The average Bonchev–Trinajstić information content (AvgIpc) is 2.64. The molecule has 72 valence electrons. The molecule has 5 nitrogen and oxygen atoms in total. The molecule has 1 aromatic carbocycles. The van der Waals surface area contributed by atoms with Crippen LogP contribution in [0.5, 0.6) is 0 Å². The molecule has 0 atom stereocenters. The van der Waals surface area contributed by atoms with Crippen molar-refractivity contribution in [1.29, 1.82) is 0 Å². The molecule has 0 aliphatic heterocycles. The van der Waals surface area contributed by atoms with Gasteiger partial charge in [0.15, 0.2) is 0 Å². The molecule has 0 spiro atoms. The molecule has 1 aromatic heterocycles. The number of hydrogen-bond donors (Lipinski definition) is 1. The third-order valence-corrected chi connectivity index (χ3v) is 2.41. The second kappa shape index (κ2) is 3.38. The molecule has 0 unspecified atom stereocenters. The second-order valence-corrected chi connectivity index (χ2v) is 3.51. The van der Waals surface area contributed by atoms with Gasteiger partial charge in [0.1, 0.15) is 5.52 Å². The lowest BCUT2D eigenvalue weighted by atomic mass is 10.2. The van der Waals surface area contributed by atoms with E-state index in [0.29, 0.717) is 21.1 Å². The van der Waals surface area contributed by atoms with E-state index in [9.17, 15) is 4.79 Å². The van der Waals surface area contributed by atoms with Gasteiger partial charge < -0.3 is 4.74 Å². The van der Waals surface area contributed by atoms with Crippen LogP contribution >= 0.6 is 15.9 Å². The molecule has 1 N–H and O–H groups in total. The van der Waals surface area contributed by atoms with Gasteiger partial charge in [-0.3, -0.25) is 5.10 Å². The maximum Gasteiger partial charge on any atom is 0.337 e. The van der Waals surface area contributed by atoms with Crippen LogP contribution in [0.2, 0.25) is 0 Å². The van der Waals surface area contributed by atoms with Crippen molar-refractivity contribution in [2.45, 2.75) is 0 Å². The number of carbonyl (C=O) groups is 1. The van der Waals surface area contributed by atoms with Gasteiger partial charge in [-0.05, 0) is 28.1 Å². The molecule has 0 saturated heterocycles. The zero-order valence-corrected chi connectivity index (χ0v) is 8.83. The molecule has 1 heterocycles. The highest BCUT2D eigenvalue weighted by atomic mass is 79.9. The number of hydrogen-bond acceptors (Lipinski definition) is 4. The zero-order valence-electron chi connectivity index (χ0n) is 7.24. The zero-order chi connectivity index (χ0) is 10.1. The summed E-state index contributed by atoms with van der Waals surface area (Å²) in [7, 11) is 1.34. The van der Waals surface area contributed by atoms with Gasteiger partial charge in [-0.15, -0.1) is 5.10 Å². The molecule has 0 amide bonds. The smallest absolute Gasteiger partial charge is 0.337 e. The Kier molecular flexibility index (Phi) is 2.20. The molecule has 0 radical (unpaired) electrons. The number of fused-ring (bicyclic) bond motifs is 1. The van der Waals surface area contributed by atoms with E-state index in [1.165, 1.54) is 7.11 Å². The number of methoxy groups -OCH3 is 1. The molecule has 2 aromatic rings. The van der Waals surface area contributed by atoms with Crippen LogP contribution in [0.1, 0.15) is 10.4 Å². The maximum atomic E-state index is 11.2. The van der Waals surface area contributed by atoms with Gasteiger partial charge in [0.05, 0.1) is 18.2 Å². The third kappa shape index (κ3) is 1.37. The first-order valence-corrected chi connectivity index (χ1v) is 4.60. The Morgan fingerprint density at radius 2 is 2.36 bits per heavy atom. The number of carbonyl (C=O) groups excluding carboxylic acids is 1. The Bertz CT molecular complexity index is 494. The maximum absolute atomic E-state index is 11.2. The number of halogens is 1. The standard InChI is InChI=1S/C8H6BrN3O2/c1-14-8(13)4-2-5(9)7-6(3-4)10-12-11-7/h2-3H,1H3,(H,10,11,12). The van der Waals surface area contributed by atoms with Gasteiger partial charge in [-0.2, -0.15) is 0 Å². The molecule has 2 rings (SSSR count). The van der Waals surface area contributed by atoms with E-state index in [1.807, 2.05) is 0 Å². The van der Waals surface area contributed by atoms with Crippen molar-refractivity contribution >= 4 is 32.9 Å². The molecular formula is C8H6BrN3O2. The van der Waals surface area contributed by atoms with Crippen molar-refractivity contribution in [3.8, 4) is 0 Å². The molecule has 0 saturated carbocycles. The molecule has 0 aliphatic rings. The van der Waals surface area contributed by atoms with Gasteiger partial charge >= 0.3 is 5.97 Å². The normalized spacial score (nSPS) is 10.4.